The van der Waals surface area contributed by atoms with Gasteiger partial charge in [-0.25, -0.2) is 0 Å². The highest BCUT2D eigenvalue weighted by molar-refractivity contribution is 5.87. The fraction of sp³-hybridized carbons (Fsp3) is 0.333. The third kappa shape index (κ3) is 2.73. The molecule has 2 rings (SSSR count). The molecule has 1 atom stereocenters. The number of rotatable bonds is 3. The average molecular weight is 267 g/mol. The van der Waals surface area contributed by atoms with Crippen LogP contribution < -0.4 is 5.73 Å². The lowest BCUT2D eigenvalue weighted by Crippen LogP contribution is -2.29. The van der Waals surface area contributed by atoms with Crippen LogP contribution in [-0.2, 0) is 6.42 Å². The van der Waals surface area contributed by atoms with E-state index in [9.17, 15) is 13.2 Å². The summed E-state index contributed by atoms with van der Waals surface area (Å²) in [6, 6.07) is 8.76. The zero-order valence-electron chi connectivity index (χ0n) is 10.7. The van der Waals surface area contributed by atoms with Crippen molar-refractivity contribution in [3.05, 3.63) is 47.5 Å². The van der Waals surface area contributed by atoms with Gasteiger partial charge in [0.05, 0.1) is 0 Å². The van der Waals surface area contributed by atoms with Gasteiger partial charge in [-0.15, -0.1) is 0 Å². The predicted molar refractivity (Wildman–Crippen MR) is 70.9 cm³/mol. The highest BCUT2D eigenvalue weighted by Crippen LogP contribution is 2.35. The molecular weight excluding hydrogens is 251 g/mol. The Hall–Kier alpha value is -1.55. The van der Waals surface area contributed by atoms with Crippen LogP contribution in [0.2, 0.25) is 0 Å². The Morgan fingerprint density at radius 1 is 1.11 bits per heavy atom. The van der Waals surface area contributed by atoms with E-state index in [0.717, 1.165) is 17.2 Å². The van der Waals surface area contributed by atoms with Gasteiger partial charge in [0.15, 0.2) is 0 Å². The van der Waals surface area contributed by atoms with Gasteiger partial charge >= 0.3 is 6.18 Å². The summed E-state index contributed by atoms with van der Waals surface area (Å²) in [7, 11) is 0. The largest absolute Gasteiger partial charge is 0.407 e. The summed E-state index contributed by atoms with van der Waals surface area (Å²) in [5.74, 6) is 0. The van der Waals surface area contributed by atoms with E-state index < -0.39 is 12.2 Å². The average Bonchev–Trinajstić information content (AvgIpc) is 2.37. The van der Waals surface area contributed by atoms with Crippen LogP contribution in [0.25, 0.3) is 10.8 Å². The molecule has 0 aliphatic carbocycles. The van der Waals surface area contributed by atoms with Crippen molar-refractivity contribution in [1.82, 2.24) is 0 Å². The lowest BCUT2D eigenvalue weighted by Gasteiger charge is -2.20. The van der Waals surface area contributed by atoms with E-state index in [4.69, 9.17) is 5.73 Å². The highest BCUT2D eigenvalue weighted by atomic mass is 19.4. The van der Waals surface area contributed by atoms with E-state index in [1.165, 1.54) is 6.07 Å². The van der Waals surface area contributed by atoms with Gasteiger partial charge in [0, 0.05) is 0 Å². The van der Waals surface area contributed by atoms with E-state index in [2.05, 4.69) is 0 Å². The van der Waals surface area contributed by atoms with Crippen LogP contribution in [-0.4, -0.2) is 6.18 Å². The van der Waals surface area contributed by atoms with Crippen LogP contribution in [0.3, 0.4) is 0 Å². The standard InChI is InChI=1S/C15H16F3N/c1-2-5-12-11-7-4-3-6-10(11)8-9-13(12)14(19)15(16,17)18/h3-4,6-9,14H,2,5,19H2,1H3/t14-/m0/s1. The van der Waals surface area contributed by atoms with Gasteiger partial charge < -0.3 is 5.73 Å². The molecule has 0 fully saturated rings. The van der Waals surface area contributed by atoms with Crippen LogP contribution in [0.1, 0.15) is 30.5 Å². The van der Waals surface area contributed by atoms with E-state index in [1.54, 1.807) is 6.07 Å². The van der Waals surface area contributed by atoms with E-state index >= 15 is 0 Å². The molecule has 0 saturated heterocycles. The first-order valence-corrected chi connectivity index (χ1v) is 6.28. The topological polar surface area (TPSA) is 26.0 Å². The zero-order valence-corrected chi connectivity index (χ0v) is 10.7. The fourth-order valence-electron chi connectivity index (χ4n) is 2.35. The van der Waals surface area contributed by atoms with Gasteiger partial charge in [0.2, 0.25) is 0 Å². The van der Waals surface area contributed by atoms with Crippen molar-refractivity contribution in [2.75, 3.05) is 0 Å². The smallest absolute Gasteiger partial charge is 0.316 e. The van der Waals surface area contributed by atoms with Gasteiger partial charge in [0.1, 0.15) is 6.04 Å². The Bertz CT molecular complexity index is 575. The Morgan fingerprint density at radius 3 is 2.42 bits per heavy atom. The summed E-state index contributed by atoms with van der Waals surface area (Å²) in [5.41, 5.74) is 6.27. The van der Waals surface area contributed by atoms with Crippen molar-refractivity contribution < 1.29 is 13.2 Å². The minimum absolute atomic E-state index is 0.188. The highest BCUT2D eigenvalue weighted by Gasteiger charge is 2.39. The Kier molecular flexibility index (Phi) is 3.80. The number of hydrogen-bond donors (Lipinski definition) is 1. The van der Waals surface area contributed by atoms with Crippen molar-refractivity contribution in [3.8, 4) is 0 Å². The maximum Gasteiger partial charge on any atom is 0.407 e. The lowest BCUT2D eigenvalue weighted by molar-refractivity contribution is -0.149. The molecule has 2 N–H and O–H groups in total. The molecule has 0 spiro atoms. The third-order valence-corrected chi connectivity index (χ3v) is 3.26. The molecule has 0 heterocycles. The van der Waals surface area contributed by atoms with Crippen molar-refractivity contribution in [3.63, 3.8) is 0 Å². The molecule has 4 heteroatoms. The predicted octanol–water partition coefficient (Wildman–Crippen LogP) is 4.35. The van der Waals surface area contributed by atoms with E-state index in [-0.39, 0.29) is 5.56 Å². The van der Waals surface area contributed by atoms with Crippen molar-refractivity contribution in [1.29, 1.82) is 0 Å². The van der Waals surface area contributed by atoms with Crippen molar-refractivity contribution in [2.45, 2.75) is 32.0 Å². The number of nitrogens with two attached hydrogens (primary N) is 1. The maximum absolute atomic E-state index is 12.8. The second-order valence-electron chi connectivity index (χ2n) is 4.62. The fourth-order valence-corrected chi connectivity index (χ4v) is 2.35. The van der Waals surface area contributed by atoms with Crippen molar-refractivity contribution >= 4 is 10.8 Å². The normalized spacial score (nSPS) is 13.7. The van der Waals surface area contributed by atoms with Crippen LogP contribution in [0.15, 0.2) is 36.4 Å². The quantitative estimate of drug-likeness (QED) is 0.878. The maximum atomic E-state index is 12.8. The Balaban J connectivity index is 2.64. The molecule has 0 aliphatic heterocycles. The molecule has 0 amide bonds. The number of halogens is 3. The second kappa shape index (κ2) is 5.21. The molecule has 19 heavy (non-hydrogen) atoms. The van der Waals surface area contributed by atoms with Gasteiger partial charge in [-0.1, -0.05) is 49.7 Å². The van der Waals surface area contributed by atoms with Crippen LogP contribution >= 0.6 is 0 Å². The van der Waals surface area contributed by atoms with Gasteiger partial charge in [0.25, 0.3) is 0 Å². The summed E-state index contributed by atoms with van der Waals surface area (Å²) >= 11 is 0. The number of benzene rings is 2. The number of fused-ring (bicyclic) bond motifs is 1. The molecule has 0 radical (unpaired) electrons. The minimum atomic E-state index is -4.41. The van der Waals surface area contributed by atoms with Gasteiger partial charge in [-0.2, -0.15) is 13.2 Å². The number of alkyl halides is 3. The lowest BCUT2D eigenvalue weighted by atomic mass is 9.92. The van der Waals surface area contributed by atoms with Gasteiger partial charge in [-0.3, -0.25) is 0 Å². The molecule has 0 aromatic heterocycles. The molecule has 0 unspecified atom stereocenters. The first-order valence-electron chi connectivity index (χ1n) is 6.28. The number of hydrogen-bond acceptors (Lipinski definition) is 1. The number of aryl methyl sites for hydroxylation is 1. The molecule has 0 saturated carbocycles. The Morgan fingerprint density at radius 2 is 1.79 bits per heavy atom. The monoisotopic (exact) mass is 267 g/mol. The summed E-state index contributed by atoms with van der Waals surface area (Å²) in [4.78, 5) is 0. The van der Waals surface area contributed by atoms with Crippen molar-refractivity contribution in [2.24, 2.45) is 5.73 Å². The first-order chi connectivity index (χ1) is 8.95. The minimum Gasteiger partial charge on any atom is -0.316 e. The van der Waals surface area contributed by atoms with Crippen LogP contribution in [0.4, 0.5) is 13.2 Å². The third-order valence-electron chi connectivity index (χ3n) is 3.26. The Labute approximate surface area is 110 Å². The van der Waals surface area contributed by atoms with E-state index in [1.807, 2.05) is 31.2 Å². The van der Waals surface area contributed by atoms with Crippen LogP contribution in [0.5, 0.6) is 0 Å². The molecule has 2 aromatic carbocycles. The summed E-state index contributed by atoms with van der Waals surface area (Å²) < 4.78 is 38.5. The molecule has 0 bridgehead atoms. The summed E-state index contributed by atoms with van der Waals surface area (Å²) in [6.07, 6.45) is -3.03. The first kappa shape index (κ1) is 13.9. The zero-order chi connectivity index (χ0) is 14.0. The molecule has 102 valence electrons. The molecule has 2 aromatic rings. The molecule has 1 nitrogen and oxygen atoms in total. The molecule has 0 aliphatic rings. The second-order valence-corrected chi connectivity index (χ2v) is 4.62. The van der Waals surface area contributed by atoms with Crippen LogP contribution in [0, 0.1) is 0 Å². The summed E-state index contributed by atoms with van der Waals surface area (Å²) in [6.45, 7) is 1.95. The summed E-state index contributed by atoms with van der Waals surface area (Å²) in [5, 5.41) is 1.81. The SMILES string of the molecule is CCCc1c([C@H](N)C(F)(F)F)ccc2ccccc12. The van der Waals surface area contributed by atoms with Gasteiger partial charge in [-0.05, 0) is 28.3 Å². The van der Waals surface area contributed by atoms with E-state index in [0.29, 0.717) is 12.0 Å². The molecular formula is C15H16F3N.